The van der Waals surface area contributed by atoms with E-state index >= 15 is 0 Å². The van der Waals surface area contributed by atoms with Crippen LogP contribution >= 0.6 is 0 Å². The fraction of sp³-hybridized carbons (Fsp3) is 0.429. The molecule has 1 aliphatic rings. The van der Waals surface area contributed by atoms with E-state index in [2.05, 4.69) is 5.32 Å². The van der Waals surface area contributed by atoms with Crippen LogP contribution in [0.5, 0.6) is 5.75 Å². The van der Waals surface area contributed by atoms with Gasteiger partial charge in [-0.1, -0.05) is 6.07 Å². The quantitative estimate of drug-likeness (QED) is 0.599. The lowest BCUT2D eigenvalue weighted by Gasteiger charge is -2.15. The number of ether oxygens (including phenoxy) is 2. The molecular formula is C14H19N3O4. The van der Waals surface area contributed by atoms with Gasteiger partial charge in [-0.25, -0.2) is 9.59 Å². The molecule has 7 nitrogen and oxygen atoms in total. The molecule has 0 bridgehead atoms. The minimum absolute atomic E-state index is 0.132. The molecule has 1 aromatic carbocycles. The highest BCUT2D eigenvalue weighted by atomic mass is 16.5. The summed E-state index contributed by atoms with van der Waals surface area (Å²) >= 11 is 0. The number of esters is 1. The molecule has 0 spiro atoms. The van der Waals surface area contributed by atoms with Gasteiger partial charge in [-0.05, 0) is 19.1 Å². The first kappa shape index (κ1) is 15.0. The van der Waals surface area contributed by atoms with E-state index in [9.17, 15) is 9.59 Å². The second-order valence-electron chi connectivity index (χ2n) is 4.51. The zero-order valence-corrected chi connectivity index (χ0v) is 11.9. The molecule has 0 unspecified atom stereocenters. The number of benzene rings is 1. The van der Waals surface area contributed by atoms with Gasteiger partial charge in [-0.3, -0.25) is 0 Å². The van der Waals surface area contributed by atoms with Gasteiger partial charge in [0.05, 0.1) is 18.8 Å². The van der Waals surface area contributed by atoms with Crippen molar-refractivity contribution >= 4 is 17.7 Å². The third-order valence-corrected chi connectivity index (χ3v) is 3.09. The average molecular weight is 293 g/mol. The predicted molar refractivity (Wildman–Crippen MR) is 77.3 cm³/mol. The minimum Gasteiger partial charge on any atom is -0.491 e. The van der Waals surface area contributed by atoms with Crippen molar-refractivity contribution < 1.29 is 19.1 Å². The summed E-state index contributed by atoms with van der Waals surface area (Å²) in [4.78, 5) is 25.0. The van der Waals surface area contributed by atoms with Gasteiger partial charge in [0.25, 0.3) is 0 Å². The monoisotopic (exact) mass is 293 g/mol. The molecule has 1 fully saturated rings. The molecule has 1 aliphatic heterocycles. The second-order valence-corrected chi connectivity index (χ2v) is 4.51. The summed E-state index contributed by atoms with van der Waals surface area (Å²) in [6.07, 6.45) is 0. The minimum atomic E-state index is -0.509. The Morgan fingerprint density at radius 2 is 2.29 bits per heavy atom. The average Bonchev–Trinajstić information content (AvgIpc) is 2.87. The van der Waals surface area contributed by atoms with Crippen molar-refractivity contribution in [3.8, 4) is 5.75 Å². The van der Waals surface area contributed by atoms with Crippen LogP contribution in [-0.2, 0) is 4.74 Å². The molecule has 1 aromatic rings. The molecule has 0 atom stereocenters. The van der Waals surface area contributed by atoms with E-state index in [-0.39, 0.29) is 12.6 Å². The van der Waals surface area contributed by atoms with Crippen molar-refractivity contribution in [1.82, 2.24) is 10.2 Å². The summed E-state index contributed by atoms with van der Waals surface area (Å²) in [6, 6.07) is 4.80. The van der Waals surface area contributed by atoms with Crippen molar-refractivity contribution in [3.63, 3.8) is 0 Å². The lowest BCUT2D eigenvalue weighted by Crippen LogP contribution is -2.31. The molecule has 0 radical (unpaired) electrons. The highest BCUT2D eigenvalue weighted by Crippen LogP contribution is 2.26. The Balaban J connectivity index is 1.94. The molecule has 7 heteroatoms. The predicted octanol–water partition coefficient (Wildman–Crippen LogP) is 0.850. The van der Waals surface area contributed by atoms with E-state index in [1.165, 1.54) is 0 Å². The zero-order valence-electron chi connectivity index (χ0n) is 11.9. The maximum Gasteiger partial charge on any atom is 0.342 e. The normalized spacial score (nSPS) is 14.0. The van der Waals surface area contributed by atoms with E-state index in [1.807, 2.05) is 6.92 Å². The molecular weight excluding hydrogens is 274 g/mol. The third-order valence-electron chi connectivity index (χ3n) is 3.09. The number of anilines is 1. The van der Waals surface area contributed by atoms with Gasteiger partial charge in [-0.2, -0.15) is 0 Å². The van der Waals surface area contributed by atoms with Crippen LogP contribution in [0.15, 0.2) is 18.2 Å². The van der Waals surface area contributed by atoms with Crippen molar-refractivity contribution in [1.29, 1.82) is 0 Å². The van der Waals surface area contributed by atoms with Crippen LogP contribution in [0.2, 0.25) is 0 Å². The Kier molecular flexibility index (Phi) is 4.86. The third kappa shape index (κ3) is 3.56. The zero-order chi connectivity index (χ0) is 15.2. The van der Waals surface area contributed by atoms with Gasteiger partial charge in [0.1, 0.15) is 12.2 Å². The number of nitrogens with one attached hydrogen (secondary N) is 1. The number of carbonyl (C=O) groups excluding carboxylic acids is 2. The molecule has 114 valence electrons. The number of amides is 2. The molecule has 2 rings (SSSR count). The van der Waals surface area contributed by atoms with Crippen LogP contribution in [-0.4, -0.2) is 49.7 Å². The molecule has 0 saturated carbocycles. The first-order valence-corrected chi connectivity index (χ1v) is 6.84. The summed E-state index contributed by atoms with van der Waals surface area (Å²) in [5.74, 6) is -0.172. The lowest BCUT2D eigenvalue weighted by atomic mass is 10.2. The molecule has 3 N–H and O–H groups in total. The summed E-state index contributed by atoms with van der Waals surface area (Å²) in [5.41, 5.74) is 6.49. The smallest absolute Gasteiger partial charge is 0.342 e. The van der Waals surface area contributed by atoms with Gasteiger partial charge >= 0.3 is 12.0 Å². The topological polar surface area (TPSA) is 93.9 Å². The number of nitrogen functional groups attached to an aromatic ring is 1. The van der Waals surface area contributed by atoms with Crippen molar-refractivity contribution in [3.05, 3.63) is 23.8 Å². The molecule has 21 heavy (non-hydrogen) atoms. The molecule has 0 aliphatic carbocycles. The Hall–Kier alpha value is -2.44. The van der Waals surface area contributed by atoms with Gasteiger partial charge in [0, 0.05) is 13.1 Å². The highest BCUT2D eigenvalue weighted by Gasteiger charge is 2.20. The first-order chi connectivity index (χ1) is 10.1. The van der Waals surface area contributed by atoms with Crippen molar-refractivity contribution in [2.24, 2.45) is 0 Å². The number of urea groups is 1. The van der Waals surface area contributed by atoms with E-state index in [0.29, 0.717) is 43.2 Å². The number of hydrogen-bond donors (Lipinski definition) is 2. The van der Waals surface area contributed by atoms with Gasteiger partial charge < -0.3 is 25.4 Å². The first-order valence-electron chi connectivity index (χ1n) is 6.84. The van der Waals surface area contributed by atoms with Crippen LogP contribution in [0.25, 0.3) is 0 Å². The Morgan fingerprint density at radius 3 is 2.95 bits per heavy atom. The van der Waals surface area contributed by atoms with Crippen LogP contribution in [0, 0.1) is 0 Å². The maximum atomic E-state index is 12.1. The largest absolute Gasteiger partial charge is 0.491 e. The number of hydrogen-bond acceptors (Lipinski definition) is 5. The standard InChI is InChI=1S/C14H19N3O4/c1-2-20-12-10(4-3-5-11(12)15)13(18)21-9-8-17-7-6-16-14(17)19/h3-5H,2,6-9,15H2,1H3,(H,16,19). The summed E-state index contributed by atoms with van der Waals surface area (Å²) in [6.45, 7) is 3.96. The van der Waals surface area contributed by atoms with Crippen LogP contribution in [0.4, 0.5) is 10.5 Å². The molecule has 1 saturated heterocycles. The fourth-order valence-corrected chi connectivity index (χ4v) is 2.07. The Labute approximate surface area is 123 Å². The molecule has 0 aromatic heterocycles. The lowest BCUT2D eigenvalue weighted by molar-refractivity contribution is 0.0477. The number of carbonyl (C=O) groups is 2. The van der Waals surface area contributed by atoms with E-state index in [0.717, 1.165) is 0 Å². The van der Waals surface area contributed by atoms with E-state index in [4.69, 9.17) is 15.2 Å². The molecule has 1 heterocycles. The van der Waals surface area contributed by atoms with Gasteiger partial charge in [-0.15, -0.1) is 0 Å². The van der Waals surface area contributed by atoms with Crippen LogP contribution < -0.4 is 15.8 Å². The maximum absolute atomic E-state index is 12.1. The van der Waals surface area contributed by atoms with Crippen LogP contribution in [0.1, 0.15) is 17.3 Å². The second kappa shape index (κ2) is 6.83. The summed E-state index contributed by atoms with van der Waals surface area (Å²) in [5, 5.41) is 2.68. The Bertz CT molecular complexity index is 533. The number of nitrogens with zero attached hydrogens (tertiary/aromatic N) is 1. The van der Waals surface area contributed by atoms with Crippen molar-refractivity contribution in [2.45, 2.75) is 6.92 Å². The highest BCUT2D eigenvalue weighted by molar-refractivity contribution is 5.94. The fourth-order valence-electron chi connectivity index (χ4n) is 2.07. The van der Waals surface area contributed by atoms with Crippen molar-refractivity contribution in [2.75, 3.05) is 38.6 Å². The SMILES string of the molecule is CCOc1c(N)cccc1C(=O)OCCN1CCNC1=O. The van der Waals surface area contributed by atoms with Gasteiger partial charge in [0.2, 0.25) is 0 Å². The number of para-hydroxylation sites is 1. The van der Waals surface area contributed by atoms with Crippen LogP contribution in [0.3, 0.4) is 0 Å². The molecule has 2 amide bonds. The van der Waals surface area contributed by atoms with E-state index < -0.39 is 5.97 Å². The summed E-state index contributed by atoms with van der Waals surface area (Å²) < 4.78 is 10.6. The van der Waals surface area contributed by atoms with E-state index in [1.54, 1.807) is 23.1 Å². The van der Waals surface area contributed by atoms with Gasteiger partial charge in [0.15, 0.2) is 5.75 Å². The number of rotatable bonds is 6. The summed E-state index contributed by atoms with van der Waals surface area (Å²) in [7, 11) is 0. The number of nitrogens with two attached hydrogens (primary N) is 1. The Morgan fingerprint density at radius 1 is 1.48 bits per heavy atom.